The average Bonchev–Trinajstić information content (AvgIpc) is 0.773. The monoisotopic (exact) mass is 2130 g/mol. The molecule has 0 bridgehead atoms. The maximum Gasteiger partial charge on any atom is 0.322 e. The molecular formula is C83H136N20O45. The van der Waals surface area contributed by atoms with Crippen molar-refractivity contribution in [3.8, 4) is 0 Å². The van der Waals surface area contributed by atoms with E-state index in [1.54, 1.807) is 0 Å². The SMILES string of the molecule is CC(=O)NC1C(OC2C(CO)OC(O)C(NC(C)=O)C2OC(C)C(=O)NC(C)C(=O)NC(CCC(=O)NC(CCCNC(=O)C(CO)NC(=O)C(CC(=O)O)NC(=O)C(C)NC(=O)C(CCCNC(=O)C(CO)NC(=O)C(N)CC(=O)O)NC(=O)CCC(NC(=O)C(C)NC(=O)C(C)OC2C(NC(C)=O)C(O)OC(CO)C2OC2OC(CO)C(O)C(O)C2NC(C)=O)C(N)=O)C(=O)NCC(=O)O)C(N)=O)OC(CO)C(O)C1O. The third kappa shape index (κ3) is 40.5. The van der Waals surface area contributed by atoms with Gasteiger partial charge >= 0.3 is 17.9 Å². The third-order valence-electron chi connectivity index (χ3n) is 22.9. The number of carboxylic acid groups (broad SMARTS) is 3. The first-order valence-electron chi connectivity index (χ1n) is 46.3. The lowest BCUT2D eigenvalue weighted by atomic mass is 9.94. The second-order valence-corrected chi connectivity index (χ2v) is 34.8. The zero-order chi connectivity index (χ0) is 112. The number of hydrogen-bond donors (Lipinski definition) is 35. The molecule has 0 spiro atoms. The Balaban J connectivity index is 1.45. The third-order valence-corrected chi connectivity index (χ3v) is 22.9. The van der Waals surface area contributed by atoms with Gasteiger partial charge in [0.2, 0.25) is 112 Å². The molecule has 33 unspecified atom stereocenters. The molecule has 4 fully saturated rings. The van der Waals surface area contributed by atoms with Crippen molar-refractivity contribution in [2.45, 2.75) is 328 Å². The minimum atomic E-state index is -2.16. The molecule has 38 N–H and O–H groups in total. The van der Waals surface area contributed by atoms with E-state index in [0.717, 1.165) is 62.3 Å². The predicted molar refractivity (Wildman–Crippen MR) is 485 cm³/mol. The predicted octanol–water partition coefficient (Wildman–Crippen LogP) is -20.7. The van der Waals surface area contributed by atoms with Crippen LogP contribution in [0.25, 0.3) is 0 Å². The molecule has 4 aliphatic rings. The number of primary amides is 2. The van der Waals surface area contributed by atoms with E-state index in [0.29, 0.717) is 0 Å². The van der Waals surface area contributed by atoms with E-state index in [1.165, 1.54) is 0 Å². The summed E-state index contributed by atoms with van der Waals surface area (Å²) < 4.78 is 46.5. The Morgan fingerprint density at radius 1 is 0.324 bits per heavy atom. The number of carbonyl (C=O) groups excluding carboxylic acids is 19. The van der Waals surface area contributed by atoms with Crippen LogP contribution in [-0.4, -0.2) is 467 Å². The number of amides is 19. The number of rotatable bonds is 61. The molecule has 0 aromatic heterocycles. The Kier molecular flexibility index (Phi) is 53.6. The van der Waals surface area contributed by atoms with E-state index < -0.39 is 442 Å². The van der Waals surface area contributed by atoms with Crippen molar-refractivity contribution in [3.05, 3.63) is 0 Å². The Morgan fingerprint density at radius 2 is 0.642 bits per heavy atom. The minimum Gasteiger partial charge on any atom is -0.481 e. The van der Waals surface area contributed by atoms with Crippen molar-refractivity contribution in [2.24, 2.45) is 17.2 Å². The van der Waals surface area contributed by atoms with Crippen LogP contribution in [0.5, 0.6) is 0 Å². The lowest BCUT2D eigenvalue weighted by Crippen LogP contribution is -2.70. The lowest BCUT2D eigenvalue weighted by molar-refractivity contribution is -0.333. The molecule has 4 aliphatic heterocycles. The van der Waals surface area contributed by atoms with Gasteiger partial charge < -0.3 is 222 Å². The van der Waals surface area contributed by atoms with Gasteiger partial charge in [0, 0.05) is 53.6 Å². The van der Waals surface area contributed by atoms with Crippen LogP contribution in [0.4, 0.5) is 0 Å². The molecule has 4 saturated heterocycles. The van der Waals surface area contributed by atoms with Crippen molar-refractivity contribution in [2.75, 3.05) is 59.3 Å². The molecule has 148 heavy (non-hydrogen) atoms. The number of nitrogens with two attached hydrogens (primary N) is 3. The number of hydrogen-bond acceptors (Lipinski definition) is 43. The highest BCUT2D eigenvalue weighted by Gasteiger charge is 2.56. The van der Waals surface area contributed by atoms with Gasteiger partial charge in [0.25, 0.3) is 0 Å². The first-order valence-corrected chi connectivity index (χ1v) is 46.3. The lowest BCUT2D eigenvalue weighted by Gasteiger charge is -2.48. The van der Waals surface area contributed by atoms with Gasteiger partial charge in [-0.05, 0) is 73.1 Å². The average molecular weight is 2130 g/mol. The standard InChI is InChI=1S/C83H136N20O45/c1-29(90-72(131)32(4)141-65-57(95-36(8)112)80(139)143-48(27-108)63(65)147-82-55(93-34(6)110)61(124)59(122)46(25-106)145-82)69(128)99-39(67(85)126)14-16-50(114)97-41(75(134)89-22-54(120)121)12-10-18-88-77(136)45(24-105)103-79(138)43(21-53(118)119)101-71(130)31(3)92-78(137)42(13-11-19-87-76(135)44(23-104)102-74(133)38(84)20-52(116)117)98-51(115)17-15-40(68(86)127)100-70(129)30(2)91-73(132)33(5)142-66-58(96-37(9)113)81(140)144-49(28-109)64(66)148-83-56(94-35(7)111)62(125)60(123)47(26-107)146-83/h29-33,38-49,55-66,80-83,104-109,122-125,139-140H,10-28,84H2,1-9H3,(H2,85,126)(H2,86,127)(H,87,135)(H,88,136)(H,89,134)(H,90,131)(H,91,132)(H,92,137)(H,93,110)(H,94,111)(H,95,112)(H,96,113)(H,97,114)(H,98,115)(H,99,128)(H,100,129)(H,101,130)(H,102,133)(H,103,138)(H,116,117)(H,118,119)(H,120,121). The van der Waals surface area contributed by atoms with E-state index in [4.69, 9.17) is 60.2 Å². The van der Waals surface area contributed by atoms with Gasteiger partial charge in [-0.25, -0.2) is 0 Å². The number of carbonyl (C=O) groups is 22. The van der Waals surface area contributed by atoms with Crippen LogP contribution >= 0.6 is 0 Å². The van der Waals surface area contributed by atoms with Gasteiger partial charge in [-0.1, -0.05) is 0 Å². The summed E-state index contributed by atoms with van der Waals surface area (Å²) in [5.74, 6) is -25.8. The fourth-order valence-electron chi connectivity index (χ4n) is 15.1. The molecule has 33 atom stereocenters. The minimum absolute atomic E-state index is 0.307. The highest BCUT2D eigenvalue weighted by atomic mass is 16.7. The smallest absolute Gasteiger partial charge is 0.322 e. The van der Waals surface area contributed by atoms with Crippen molar-refractivity contribution in [3.63, 3.8) is 0 Å². The summed E-state index contributed by atoms with van der Waals surface area (Å²) in [7, 11) is 0. The zero-order valence-electron chi connectivity index (χ0n) is 81.7. The maximum absolute atomic E-state index is 14.2. The van der Waals surface area contributed by atoms with Crippen molar-refractivity contribution in [1.82, 2.24) is 90.4 Å². The largest absolute Gasteiger partial charge is 0.481 e. The van der Waals surface area contributed by atoms with E-state index in [2.05, 4.69) is 79.8 Å². The quantitative estimate of drug-likeness (QED) is 0.0251. The van der Waals surface area contributed by atoms with E-state index >= 15 is 0 Å². The van der Waals surface area contributed by atoms with E-state index in [-0.39, 0.29) is 12.8 Å². The molecule has 838 valence electrons. The molecule has 0 saturated carbocycles. The molecule has 0 aromatic carbocycles. The Hall–Kier alpha value is -12.5. The molecule has 4 heterocycles. The summed E-state index contributed by atoms with van der Waals surface area (Å²) in [5, 5.41) is 192. The zero-order valence-corrected chi connectivity index (χ0v) is 81.7. The van der Waals surface area contributed by atoms with Crippen LogP contribution in [0.1, 0.15) is 127 Å². The topological polar surface area (TPSA) is 1040 Å². The molecule has 65 heteroatoms. The van der Waals surface area contributed by atoms with Gasteiger partial charge in [0.05, 0.1) is 58.5 Å². The van der Waals surface area contributed by atoms with Gasteiger partial charge in [-0.3, -0.25) is 105 Å². The number of ether oxygens (including phenoxy) is 8. The Bertz CT molecular complexity index is 4570. The first kappa shape index (κ1) is 128. The molecule has 0 radical (unpaired) electrons. The second-order valence-electron chi connectivity index (χ2n) is 34.8. The van der Waals surface area contributed by atoms with Crippen LogP contribution < -0.4 is 108 Å². The number of aliphatic carboxylic acids is 3. The van der Waals surface area contributed by atoms with Gasteiger partial charge in [0.15, 0.2) is 25.2 Å². The van der Waals surface area contributed by atoms with Crippen LogP contribution in [-0.2, 0) is 143 Å². The number of nitrogens with one attached hydrogen (secondary N) is 17. The van der Waals surface area contributed by atoms with Crippen molar-refractivity contribution >= 4 is 130 Å². The van der Waals surface area contributed by atoms with E-state index in [9.17, 15) is 177 Å². The van der Waals surface area contributed by atoms with Crippen LogP contribution in [0, 0.1) is 0 Å². The maximum atomic E-state index is 14.2. The Labute approximate surface area is 841 Å². The summed E-state index contributed by atoms with van der Waals surface area (Å²) >= 11 is 0. The van der Waals surface area contributed by atoms with Crippen molar-refractivity contribution < 1.29 is 220 Å². The normalized spacial score (nSPS) is 26.3. The molecule has 0 aromatic rings. The highest BCUT2D eigenvalue weighted by Crippen LogP contribution is 2.34. The second kappa shape index (κ2) is 62.1. The fourth-order valence-corrected chi connectivity index (χ4v) is 15.1. The summed E-state index contributed by atoms with van der Waals surface area (Å²) in [5.41, 5.74) is 16.8. The summed E-state index contributed by atoms with van der Waals surface area (Å²) in [6.45, 7) is 1.51. The van der Waals surface area contributed by atoms with Gasteiger partial charge in [-0.15, -0.1) is 0 Å². The molecule has 19 amide bonds. The van der Waals surface area contributed by atoms with Crippen LogP contribution in [0.15, 0.2) is 0 Å². The summed E-state index contributed by atoms with van der Waals surface area (Å²) in [6, 6.07) is -26.1. The molecule has 0 aliphatic carbocycles. The molecule has 4 rings (SSSR count). The van der Waals surface area contributed by atoms with Crippen LogP contribution in [0.3, 0.4) is 0 Å². The summed E-state index contributed by atoms with van der Waals surface area (Å²) in [6.07, 6.45) is -38.3. The van der Waals surface area contributed by atoms with Crippen molar-refractivity contribution in [1.29, 1.82) is 0 Å². The van der Waals surface area contributed by atoms with E-state index in [1.807, 2.05) is 10.6 Å². The van der Waals surface area contributed by atoms with Gasteiger partial charge in [0.1, 0.15) is 177 Å². The van der Waals surface area contributed by atoms with Crippen LogP contribution in [0.2, 0.25) is 0 Å². The summed E-state index contributed by atoms with van der Waals surface area (Å²) in [4.78, 5) is 287. The number of carboxylic acids is 3. The highest BCUT2D eigenvalue weighted by molar-refractivity contribution is 5.99. The molecular weight excluding hydrogens is 2000 g/mol. The Morgan fingerprint density at radius 3 is 0.973 bits per heavy atom. The first-order chi connectivity index (χ1) is 69.4. The number of aliphatic hydroxyl groups is 12. The number of aliphatic hydroxyl groups excluding tert-OH is 12. The fraction of sp³-hybridized carbons (Fsp3) is 0.735. The van der Waals surface area contributed by atoms with Gasteiger partial charge in [-0.2, -0.15) is 0 Å². The molecule has 65 nitrogen and oxygen atoms in total.